The Bertz CT molecular complexity index is 91.1. The number of hydrogen-bond donors (Lipinski definition) is 0. The topological polar surface area (TPSA) is 0 Å². The van der Waals surface area contributed by atoms with E-state index in [1.165, 1.54) is 6.42 Å². The fourth-order valence-corrected chi connectivity index (χ4v) is 2.26. The maximum atomic E-state index is 3.58. The van der Waals surface area contributed by atoms with E-state index in [1.54, 1.807) is 0 Å². The molecule has 0 spiro atoms. The average molecular weight is 177 g/mol. The Morgan fingerprint density at radius 2 is 1.75 bits per heavy atom. The van der Waals surface area contributed by atoms with Crippen LogP contribution in [-0.2, 0) is 0 Å². The van der Waals surface area contributed by atoms with Gasteiger partial charge in [0, 0.05) is 4.83 Å². The second-order valence-electron chi connectivity index (χ2n) is 3.72. The molecule has 0 aromatic rings. The van der Waals surface area contributed by atoms with Gasteiger partial charge in [-0.05, 0) is 17.8 Å². The monoisotopic (exact) mass is 176 g/mol. The molecule has 1 rings (SSSR count). The lowest BCUT2D eigenvalue weighted by Crippen LogP contribution is -2.08. The van der Waals surface area contributed by atoms with Crippen LogP contribution in [0.25, 0.3) is 0 Å². The lowest BCUT2D eigenvalue weighted by Gasteiger charge is -2.16. The van der Waals surface area contributed by atoms with Crippen molar-refractivity contribution in [1.29, 1.82) is 0 Å². The second kappa shape index (κ2) is 1.73. The summed E-state index contributed by atoms with van der Waals surface area (Å²) >= 11 is 3.58. The van der Waals surface area contributed by atoms with Crippen molar-refractivity contribution < 1.29 is 0 Å². The van der Waals surface area contributed by atoms with E-state index >= 15 is 0 Å². The Kier molecular flexibility index (Phi) is 1.43. The van der Waals surface area contributed by atoms with Crippen molar-refractivity contribution >= 4 is 15.9 Å². The van der Waals surface area contributed by atoms with Gasteiger partial charge in [0.1, 0.15) is 0 Å². The first-order chi connectivity index (χ1) is 3.52. The third-order valence-electron chi connectivity index (χ3n) is 1.82. The van der Waals surface area contributed by atoms with E-state index in [0.29, 0.717) is 5.41 Å². The van der Waals surface area contributed by atoms with Crippen LogP contribution in [0.3, 0.4) is 0 Å². The van der Waals surface area contributed by atoms with Crippen LogP contribution in [0.2, 0.25) is 0 Å². The molecular formula is C7H13Br. The van der Waals surface area contributed by atoms with Crippen LogP contribution >= 0.6 is 15.9 Å². The van der Waals surface area contributed by atoms with Crippen molar-refractivity contribution in [3.63, 3.8) is 0 Å². The Hall–Kier alpha value is 0.480. The number of halogens is 1. The fourth-order valence-electron chi connectivity index (χ4n) is 1.06. The molecule has 1 saturated carbocycles. The maximum absolute atomic E-state index is 3.58. The number of rotatable bonds is 0. The highest BCUT2D eigenvalue weighted by Gasteiger charge is 2.43. The van der Waals surface area contributed by atoms with E-state index in [2.05, 4.69) is 36.7 Å². The van der Waals surface area contributed by atoms with Gasteiger partial charge in [-0.25, -0.2) is 0 Å². The van der Waals surface area contributed by atoms with Crippen LogP contribution in [0.15, 0.2) is 0 Å². The first-order valence-corrected chi connectivity index (χ1v) is 4.07. The molecule has 0 bridgehead atoms. The molecule has 8 heavy (non-hydrogen) atoms. The molecule has 0 aromatic heterocycles. The first-order valence-electron chi connectivity index (χ1n) is 3.16. The summed E-state index contributed by atoms with van der Waals surface area (Å²) in [4.78, 5) is 0.822. The molecule has 0 N–H and O–H groups in total. The van der Waals surface area contributed by atoms with Gasteiger partial charge in [-0.1, -0.05) is 36.7 Å². The second-order valence-corrected chi connectivity index (χ2v) is 4.90. The van der Waals surface area contributed by atoms with Gasteiger partial charge in [0.05, 0.1) is 0 Å². The lowest BCUT2D eigenvalue weighted by atomic mass is 9.90. The molecule has 1 heteroatoms. The summed E-state index contributed by atoms with van der Waals surface area (Å²) in [5.41, 5.74) is 0.536. The molecule has 2 atom stereocenters. The van der Waals surface area contributed by atoms with E-state index in [4.69, 9.17) is 0 Å². The molecule has 0 aliphatic heterocycles. The van der Waals surface area contributed by atoms with Crippen molar-refractivity contribution in [2.75, 3.05) is 0 Å². The van der Waals surface area contributed by atoms with Gasteiger partial charge in [0.15, 0.2) is 0 Å². The largest absolute Gasteiger partial charge is 0.0887 e. The quantitative estimate of drug-likeness (QED) is 0.499. The van der Waals surface area contributed by atoms with Gasteiger partial charge in [-0.2, -0.15) is 0 Å². The van der Waals surface area contributed by atoms with E-state index in [0.717, 1.165) is 10.7 Å². The third-order valence-corrected chi connectivity index (χ3v) is 2.84. The van der Waals surface area contributed by atoms with Crippen LogP contribution in [0.5, 0.6) is 0 Å². The molecule has 1 aliphatic carbocycles. The Morgan fingerprint density at radius 1 is 1.38 bits per heavy atom. The summed E-state index contributed by atoms with van der Waals surface area (Å²) < 4.78 is 0. The summed E-state index contributed by atoms with van der Waals surface area (Å²) in [6, 6.07) is 0. The minimum Gasteiger partial charge on any atom is -0.0887 e. The van der Waals surface area contributed by atoms with E-state index < -0.39 is 0 Å². The molecule has 0 amide bonds. The van der Waals surface area contributed by atoms with Crippen LogP contribution in [0.4, 0.5) is 0 Å². The zero-order valence-corrected chi connectivity index (χ0v) is 7.33. The standard InChI is InChI=1S/C7H13Br/c1-7(2,3)5-4-6(5)8/h5-6H,4H2,1-3H3/t5-,6+/m1/s1. The molecule has 0 unspecified atom stereocenters. The lowest BCUT2D eigenvalue weighted by molar-refractivity contribution is 0.353. The number of hydrogen-bond acceptors (Lipinski definition) is 0. The van der Waals surface area contributed by atoms with Gasteiger partial charge in [0.25, 0.3) is 0 Å². The van der Waals surface area contributed by atoms with E-state index in [9.17, 15) is 0 Å². The average Bonchev–Trinajstić information content (AvgIpc) is 2.13. The van der Waals surface area contributed by atoms with Crippen LogP contribution in [-0.4, -0.2) is 4.83 Å². The molecule has 0 saturated heterocycles. The first kappa shape index (κ1) is 6.60. The highest BCUT2D eigenvalue weighted by atomic mass is 79.9. The SMILES string of the molecule is CC(C)(C)[C@@H]1C[C@@H]1Br. The van der Waals surface area contributed by atoms with Crippen molar-refractivity contribution in [2.24, 2.45) is 11.3 Å². The predicted octanol–water partition coefficient (Wildman–Crippen LogP) is 2.82. The Labute approximate surface area is 59.8 Å². The summed E-state index contributed by atoms with van der Waals surface area (Å²) in [6.07, 6.45) is 1.38. The maximum Gasteiger partial charge on any atom is 0.0182 e. The minimum atomic E-state index is 0.536. The van der Waals surface area contributed by atoms with Gasteiger partial charge >= 0.3 is 0 Å². The van der Waals surface area contributed by atoms with Gasteiger partial charge in [0.2, 0.25) is 0 Å². The van der Waals surface area contributed by atoms with Crippen LogP contribution in [0.1, 0.15) is 27.2 Å². The van der Waals surface area contributed by atoms with Gasteiger partial charge in [-0.15, -0.1) is 0 Å². The molecule has 0 aromatic carbocycles. The highest BCUT2D eigenvalue weighted by Crippen LogP contribution is 2.49. The summed E-state index contributed by atoms with van der Waals surface area (Å²) in [6.45, 7) is 6.91. The zero-order valence-electron chi connectivity index (χ0n) is 5.74. The zero-order chi connectivity index (χ0) is 6.36. The van der Waals surface area contributed by atoms with E-state index in [-0.39, 0.29) is 0 Å². The van der Waals surface area contributed by atoms with Crippen LogP contribution < -0.4 is 0 Å². The predicted molar refractivity (Wildman–Crippen MR) is 40.3 cm³/mol. The fraction of sp³-hybridized carbons (Fsp3) is 1.00. The molecule has 48 valence electrons. The Balaban J connectivity index is 2.39. The van der Waals surface area contributed by atoms with Crippen molar-refractivity contribution in [2.45, 2.75) is 32.0 Å². The third kappa shape index (κ3) is 1.25. The van der Waals surface area contributed by atoms with Gasteiger partial charge < -0.3 is 0 Å². The molecule has 0 nitrogen and oxygen atoms in total. The van der Waals surface area contributed by atoms with Crippen molar-refractivity contribution in [3.8, 4) is 0 Å². The normalized spacial score (nSPS) is 37.5. The molecule has 0 radical (unpaired) electrons. The highest BCUT2D eigenvalue weighted by molar-refractivity contribution is 9.09. The molecule has 1 fully saturated rings. The number of alkyl halides is 1. The van der Waals surface area contributed by atoms with E-state index in [1.807, 2.05) is 0 Å². The van der Waals surface area contributed by atoms with Crippen molar-refractivity contribution in [1.82, 2.24) is 0 Å². The molecular weight excluding hydrogens is 164 g/mol. The summed E-state index contributed by atoms with van der Waals surface area (Å²) in [7, 11) is 0. The summed E-state index contributed by atoms with van der Waals surface area (Å²) in [5.74, 6) is 0.933. The Morgan fingerprint density at radius 3 is 1.75 bits per heavy atom. The van der Waals surface area contributed by atoms with Crippen LogP contribution in [0, 0.1) is 11.3 Å². The molecule has 1 aliphatic rings. The molecule has 0 heterocycles. The minimum absolute atomic E-state index is 0.536. The van der Waals surface area contributed by atoms with Gasteiger partial charge in [-0.3, -0.25) is 0 Å². The smallest absolute Gasteiger partial charge is 0.0182 e. The van der Waals surface area contributed by atoms with Crippen molar-refractivity contribution in [3.05, 3.63) is 0 Å². The summed E-state index contributed by atoms with van der Waals surface area (Å²) in [5, 5.41) is 0.